The van der Waals surface area contributed by atoms with Gasteiger partial charge in [0.05, 0.1) is 0 Å². The van der Waals surface area contributed by atoms with Crippen LogP contribution < -0.4 is 5.32 Å². The Hall–Kier alpha value is -2.24. The molecule has 1 aromatic rings. The fourth-order valence-corrected chi connectivity index (χ4v) is 4.49. The summed E-state index contributed by atoms with van der Waals surface area (Å²) < 4.78 is 5.82. The molecule has 2 fully saturated rings. The van der Waals surface area contributed by atoms with Crippen molar-refractivity contribution in [2.75, 3.05) is 13.1 Å². The van der Waals surface area contributed by atoms with Crippen molar-refractivity contribution in [2.24, 2.45) is 11.8 Å². The Balaban J connectivity index is 1.42. The molecule has 1 aliphatic carbocycles. The van der Waals surface area contributed by atoms with Gasteiger partial charge in [0.1, 0.15) is 11.9 Å². The average Bonchev–Trinajstić information content (AvgIpc) is 2.74. The molecular formula is C23H34N2O4. The molecule has 1 heterocycles. The number of hydrogen-bond acceptors (Lipinski definition) is 4. The first-order chi connectivity index (χ1) is 14.0. The zero-order valence-corrected chi connectivity index (χ0v) is 17.7. The number of amides is 2. The largest absolute Gasteiger partial charge is 0.508 e. The zero-order chi connectivity index (χ0) is 20.8. The van der Waals surface area contributed by atoms with Crippen molar-refractivity contribution in [1.82, 2.24) is 10.2 Å². The number of likely N-dealkylation sites (tertiary alicyclic amines) is 1. The predicted molar refractivity (Wildman–Crippen MR) is 112 cm³/mol. The molecule has 1 aromatic carbocycles. The Morgan fingerprint density at radius 3 is 2.59 bits per heavy atom. The van der Waals surface area contributed by atoms with Crippen LogP contribution in [0, 0.1) is 18.8 Å². The second-order valence-corrected chi connectivity index (χ2v) is 8.47. The maximum absolute atomic E-state index is 12.6. The van der Waals surface area contributed by atoms with Crippen LogP contribution >= 0.6 is 0 Å². The number of nitrogens with one attached hydrogen (secondary N) is 1. The zero-order valence-electron chi connectivity index (χ0n) is 17.7. The van der Waals surface area contributed by atoms with E-state index in [1.165, 1.54) is 6.42 Å². The molecule has 6 nitrogen and oxygen atoms in total. The quantitative estimate of drug-likeness (QED) is 0.776. The number of phenols is 1. The molecule has 0 radical (unpaired) electrons. The highest BCUT2D eigenvalue weighted by molar-refractivity contribution is 5.79. The number of nitrogens with zero attached hydrogens (tertiary/aromatic N) is 1. The molecule has 0 unspecified atom stereocenters. The van der Waals surface area contributed by atoms with Crippen molar-refractivity contribution >= 4 is 12.0 Å². The van der Waals surface area contributed by atoms with Gasteiger partial charge in [-0.05, 0) is 68.6 Å². The number of carbonyl (C=O) groups is 2. The Kier molecular flexibility index (Phi) is 7.40. The molecule has 29 heavy (non-hydrogen) atoms. The molecular weight excluding hydrogens is 368 g/mol. The van der Waals surface area contributed by atoms with Crippen molar-refractivity contribution in [1.29, 1.82) is 0 Å². The van der Waals surface area contributed by atoms with Crippen molar-refractivity contribution < 1.29 is 19.4 Å². The Morgan fingerprint density at radius 1 is 1.17 bits per heavy atom. The van der Waals surface area contributed by atoms with E-state index in [0.717, 1.165) is 36.8 Å². The Labute approximate surface area is 173 Å². The van der Waals surface area contributed by atoms with E-state index in [0.29, 0.717) is 38.4 Å². The van der Waals surface area contributed by atoms with Gasteiger partial charge in [-0.1, -0.05) is 25.5 Å². The van der Waals surface area contributed by atoms with Crippen molar-refractivity contribution in [3.63, 3.8) is 0 Å². The van der Waals surface area contributed by atoms with Gasteiger partial charge in [-0.2, -0.15) is 0 Å². The average molecular weight is 403 g/mol. The molecule has 6 heteroatoms. The second-order valence-electron chi connectivity index (χ2n) is 8.47. The van der Waals surface area contributed by atoms with Crippen LogP contribution in [0.1, 0.15) is 63.0 Å². The predicted octanol–water partition coefficient (Wildman–Crippen LogP) is 4.13. The fourth-order valence-electron chi connectivity index (χ4n) is 4.49. The van der Waals surface area contributed by atoms with Gasteiger partial charge in [0, 0.05) is 25.6 Å². The van der Waals surface area contributed by atoms with Crippen molar-refractivity contribution in [3.05, 3.63) is 29.3 Å². The highest BCUT2D eigenvalue weighted by Gasteiger charge is 2.32. The highest BCUT2D eigenvalue weighted by Crippen LogP contribution is 2.30. The number of rotatable bonds is 5. The minimum absolute atomic E-state index is 0.0297. The molecule has 3 rings (SSSR count). The summed E-state index contributed by atoms with van der Waals surface area (Å²) in [6.07, 6.45) is 6.71. The molecule has 1 saturated carbocycles. The Bertz CT molecular complexity index is 713. The molecule has 2 atom stereocenters. The van der Waals surface area contributed by atoms with Crippen LogP contribution in [-0.4, -0.2) is 41.2 Å². The highest BCUT2D eigenvalue weighted by atomic mass is 16.6. The van der Waals surface area contributed by atoms with Crippen LogP contribution in [0.3, 0.4) is 0 Å². The third-order valence-corrected chi connectivity index (χ3v) is 6.47. The number of hydrogen-bond donors (Lipinski definition) is 2. The summed E-state index contributed by atoms with van der Waals surface area (Å²) in [5, 5.41) is 12.6. The standard InChI is InChI=1S/C23H34N2O4/c1-3-18-6-4-5-7-21(18)29-23(28)25-12-10-19(11-13-25)22(27)24-15-17-8-9-20(26)16(2)14-17/h8-9,14,18-19,21,26H,3-7,10-13,15H2,1-2H3,(H,24,27)/t18-,21+/m0/s1. The lowest BCUT2D eigenvalue weighted by molar-refractivity contribution is -0.126. The van der Waals surface area contributed by atoms with E-state index in [-0.39, 0.29) is 29.8 Å². The van der Waals surface area contributed by atoms with Crippen LogP contribution in [0.2, 0.25) is 0 Å². The molecule has 0 bridgehead atoms. The number of benzene rings is 1. The van der Waals surface area contributed by atoms with Gasteiger partial charge in [0.15, 0.2) is 0 Å². The number of carbonyl (C=O) groups excluding carboxylic acids is 2. The first-order valence-electron chi connectivity index (χ1n) is 11.0. The van der Waals surface area contributed by atoms with Crippen LogP contribution in [-0.2, 0) is 16.1 Å². The number of aromatic hydroxyl groups is 1. The summed E-state index contributed by atoms with van der Waals surface area (Å²) in [4.78, 5) is 26.8. The van der Waals surface area contributed by atoms with Gasteiger partial charge in [0.25, 0.3) is 0 Å². The van der Waals surface area contributed by atoms with E-state index in [4.69, 9.17) is 4.74 Å². The monoisotopic (exact) mass is 402 g/mol. The van der Waals surface area contributed by atoms with Crippen LogP contribution in [0.5, 0.6) is 5.75 Å². The van der Waals surface area contributed by atoms with E-state index < -0.39 is 0 Å². The number of ether oxygens (including phenoxy) is 1. The summed E-state index contributed by atoms with van der Waals surface area (Å²) in [5.41, 5.74) is 1.76. The van der Waals surface area contributed by atoms with E-state index in [1.807, 2.05) is 19.1 Å². The summed E-state index contributed by atoms with van der Waals surface area (Å²) >= 11 is 0. The molecule has 0 spiro atoms. The summed E-state index contributed by atoms with van der Waals surface area (Å²) in [7, 11) is 0. The van der Waals surface area contributed by atoms with Crippen LogP contribution in [0.25, 0.3) is 0 Å². The SMILES string of the molecule is CC[C@H]1CCCC[C@H]1OC(=O)N1CCC(C(=O)NCc2ccc(O)c(C)c2)CC1. The number of aryl methyl sites for hydroxylation is 1. The lowest BCUT2D eigenvalue weighted by Crippen LogP contribution is -2.44. The van der Waals surface area contributed by atoms with Gasteiger partial charge in [-0.25, -0.2) is 4.79 Å². The molecule has 2 aliphatic rings. The van der Waals surface area contributed by atoms with Crippen LogP contribution in [0.15, 0.2) is 18.2 Å². The van der Waals surface area contributed by atoms with Crippen LogP contribution in [0.4, 0.5) is 4.79 Å². The molecule has 1 aliphatic heterocycles. The number of piperidine rings is 1. The van der Waals surface area contributed by atoms with Crippen molar-refractivity contribution in [2.45, 2.75) is 71.4 Å². The van der Waals surface area contributed by atoms with Gasteiger partial charge < -0.3 is 20.1 Å². The van der Waals surface area contributed by atoms with Gasteiger partial charge in [-0.15, -0.1) is 0 Å². The Morgan fingerprint density at radius 2 is 1.90 bits per heavy atom. The maximum Gasteiger partial charge on any atom is 0.410 e. The number of phenolic OH excluding ortho intramolecular Hbond substituents is 1. The fraction of sp³-hybridized carbons (Fsp3) is 0.652. The van der Waals surface area contributed by atoms with E-state index in [1.54, 1.807) is 11.0 Å². The van der Waals surface area contributed by atoms with E-state index >= 15 is 0 Å². The van der Waals surface area contributed by atoms with Gasteiger partial charge >= 0.3 is 6.09 Å². The van der Waals surface area contributed by atoms with E-state index in [9.17, 15) is 14.7 Å². The molecule has 1 saturated heterocycles. The smallest absolute Gasteiger partial charge is 0.410 e. The molecule has 2 N–H and O–H groups in total. The lowest BCUT2D eigenvalue weighted by Gasteiger charge is -2.35. The minimum atomic E-state index is -0.214. The lowest BCUT2D eigenvalue weighted by atomic mass is 9.85. The summed E-state index contributed by atoms with van der Waals surface area (Å²) in [6, 6.07) is 5.34. The third kappa shape index (κ3) is 5.64. The first-order valence-corrected chi connectivity index (χ1v) is 11.0. The molecule has 0 aromatic heterocycles. The topological polar surface area (TPSA) is 78.9 Å². The van der Waals surface area contributed by atoms with Gasteiger partial charge in [-0.3, -0.25) is 4.79 Å². The normalized spacial score (nSPS) is 22.9. The van der Waals surface area contributed by atoms with E-state index in [2.05, 4.69) is 12.2 Å². The maximum atomic E-state index is 12.6. The molecule has 160 valence electrons. The van der Waals surface area contributed by atoms with Gasteiger partial charge in [0.2, 0.25) is 5.91 Å². The molecule has 2 amide bonds. The minimum Gasteiger partial charge on any atom is -0.508 e. The third-order valence-electron chi connectivity index (χ3n) is 6.47. The summed E-state index contributed by atoms with van der Waals surface area (Å²) in [6.45, 7) is 5.59. The first kappa shape index (κ1) is 21.5. The second kappa shape index (κ2) is 9.99. The summed E-state index contributed by atoms with van der Waals surface area (Å²) in [5.74, 6) is 0.703. The van der Waals surface area contributed by atoms with Crippen molar-refractivity contribution in [3.8, 4) is 5.75 Å².